The second-order valence-electron chi connectivity index (χ2n) is 5.12. The highest BCUT2D eigenvalue weighted by Crippen LogP contribution is 2.18. The molecule has 0 saturated heterocycles. The molecule has 2 aromatic carbocycles. The summed E-state index contributed by atoms with van der Waals surface area (Å²) in [5, 5.41) is 0. The van der Waals surface area contributed by atoms with E-state index in [1.54, 1.807) is 0 Å². The van der Waals surface area contributed by atoms with E-state index in [1.165, 1.54) is 5.56 Å². The van der Waals surface area contributed by atoms with Gasteiger partial charge in [0, 0.05) is 0 Å². The van der Waals surface area contributed by atoms with Crippen molar-refractivity contribution in [3.05, 3.63) is 54.1 Å². The van der Waals surface area contributed by atoms with Crippen molar-refractivity contribution in [2.24, 2.45) is 0 Å². The molecule has 0 saturated carbocycles. The van der Waals surface area contributed by atoms with Crippen LogP contribution in [-0.2, 0) is 0 Å². The summed E-state index contributed by atoms with van der Waals surface area (Å²) in [6.45, 7) is 6.15. The Morgan fingerprint density at radius 3 is 1.50 bits per heavy atom. The molecular formula is C19H24O3. The molecule has 0 atom stereocenters. The first-order valence-corrected chi connectivity index (χ1v) is 7.83. The largest absolute Gasteiger partial charge is 0.494 e. The zero-order chi connectivity index (χ0) is 15.6. The van der Waals surface area contributed by atoms with Gasteiger partial charge in [-0.1, -0.05) is 17.7 Å². The zero-order valence-corrected chi connectivity index (χ0v) is 13.4. The Balaban J connectivity index is 1.58. The molecule has 0 fully saturated rings. The maximum absolute atomic E-state index is 5.70. The molecule has 0 aliphatic heterocycles. The van der Waals surface area contributed by atoms with Gasteiger partial charge in [0.15, 0.2) is 0 Å². The monoisotopic (exact) mass is 300 g/mol. The van der Waals surface area contributed by atoms with Crippen molar-refractivity contribution in [3.63, 3.8) is 0 Å². The van der Waals surface area contributed by atoms with Gasteiger partial charge in [0.05, 0.1) is 19.8 Å². The lowest BCUT2D eigenvalue weighted by Gasteiger charge is -2.09. The lowest BCUT2D eigenvalue weighted by Crippen LogP contribution is -2.02. The average molecular weight is 300 g/mol. The predicted molar refractivity (Wildman–Crippen MR) is 89.0 cm³/mol. The van der Waals surface area contributed by atoms with E-state index in [1.807, 2.05) is 43.3 Å². The first kappa shape index (κ1) is 16.2. The third-order valence-corrected chi connectivity index (χ3v) is 3.23. The highest BCUT2D eigenvalue weighted by atomic mass is 16.5. The molecule has 0 aliphatic carbocycles. The molecule has 0 bridgehead atoms. The molecule has 2 rings (SSSR count). The maximum atomic E-state index is 5.70. The van der Waals surface area contributed by atoms with Crippen molar-refractivity contribution >= 4 is 0 Å². The van der Waals surface area contributed by atoms with E-state index in [0.717, 1.165) is 36.7 Å². The number of ether oxygens (including phenoxy) is 3. The molecule has 118 valence electrons. The third kappa shape index (κ3) is 5.68. The molecular weight excluding hydrogens is 276 g/mol. The zero-order valence-electron chi connectivity index (χ0n) is 13.4. The molecule has 0 unspecified atom stereocenters. The van der Waals surface area contributed by atoms with Crippen LogP contribution >= 0.6 is 0 Å². The lowest BCUT2D eigenvalue weighted by atomic mass is 10.2. The fourth-order valence-electron chi connectivity index (χ4n) is 2.02. The van der Waals surface area contributed by atoms with Crippen molar-refractivity contribution in [2.75, 3.05) is 19.8 Å². The van der Waals surface area contributed by atoms with Crippen LogP contribution in [-0.4, -0.2) is 19.8 Å². The minimum atomic E-state index is 0.682. The number of rotatable bonds is 9. The van der Waals surface area contributed by atoms with Crippen molar-refractivity contribution in [1.29, 1.82) is 0 Å². The van der Waals surface area contributed by atoms with E-state index in [-0.39, 0.29) is 0 Å². The molecule has 0 N–H and O–H groups in total. The standard InChI is InChI=1S/C19H24O3/c1-3-20-17-10-12-19(13-11-17)22-15-5-4-14-21-18-8-6-16(2)7-9-18/h6-13H,3-5,14-15H2,1-2H3. The summed E-state index contributed by atoms with van der Waals surface area (Å²) < 4.78 is 16.8. The number of unbranched alkanes of at least 4 members (excludes halogenated alkanes) is 1. The van der Waals surface area contributed by atoms with Gasteiger partial charge < -0.3 is 14.2 Å². The Kier molecular flexibility index (Phi) is 6.62. The molecule has 3 heteroatoms. The van der Waals surface area contributed by atoms with Crippen molar-refractivity contribution in [2.45, 2.75) is 26.7 Å². The van der Waals surface area contributed by atoms with Gasteiger partial charge in [-0.15, -0.1) is 0 Å². The Morgan fingerprint density at radius 2 is 1.05 bits per heavy atom. The van der Waals surface area contributed by atoms with E-state index < -0.39 is 0 Å². The quantitative estimate of drug-likeness (QED) is 0.632. The molecule has 0 radical (unpaired) electrons. The molecule has 0 spiro atoms. The molecule has 2 aromatic rings. The summed E-state index contributed by atoms with van der Waals surface area (Å²) in [5.74, 6) is 2.68. The van der Waals surface area contributed by atoms with Crippen LogP contribution in [0.15, 0.2) is 48.5 Å². The number of hydrogen-bond acceptors (Lipinski definition) is 3. The van der Waals surface area contributed by atoms with Crippen LogP contribution in [0.2, 0.25) is 0 Å². The van der Waals surface area contributed by atoms with Crippen molar-refractivity contribution in [3.8, 4) is 17.2 Å². The van der Waals surface area contributed by atoms with Gasteiger partial charge in [-0.2, -0.15) is 0 Å². The molecule has 0 amide bonds. The van der Waals surface area contributed by atoms with Gasteiger partial charge in [0.1, 0.15) is 17.2 Å². The fraction of sp³-hybridized carbons (Fsp3) is 0.368. The molecule has 22 heavy (non-hydrogen) atoms. The van der Waals surface area contributed by atoms with Crippen LogP contribution in [0.4, 0.5) is 0 Å². The van der Waals surface area contributed by atoms with Gasteiger partial charge in [-0.25, -0.2) is 0 Å². The van der Waals surface area contributed by atoms with E-state index in [0.29, 0.717) is 13.2 Å². The smallest absolute Gasteiger partial charge is 0.119 e. The number of aryl methyl sites for hydroxylation is 1. The minimum absolute atomic E-state index is 0.682. The average Bonchev–Trinajstić information content (AvgIpc) is 2.54. The van der Waals surface area contributed by atoms with Crippen LogP contribution in [0.3, 0.4) is 0 Å². The molecule has 3 nitrogen and oxygen atoms in total. The summed E-state index contributed by atoms with van der Waals surface area (Å²) in [6.07, 6.45) is 1.95. The third-order valence-electron chi connectivity index (χ3n) is 3.23. The summed E-state index contributed by atoms with van der Waals surface area (Å²) in [7, 11) is 0. The van der Waals surface area contributed by atoms with Crippen LogP contribution < -0.4 is 14.2 Å². The van der Waals surface area contributed by atoms with Crippen LogP contribution in [0, 0.1) is 6.92 Å². The Bertz CT molecular complexity index is 532. The minimum Gasteiger partial charge on any atom is -0.494 e. The van der Waals surface area contributed by atoms with E-state index in [4.69, 9.17) is 14.2 Å². The Morgan fingerprint density at radius 1 is 0.636 bits per heavy atom. The highest BCUT2D eigenvalue weighted by Gasteiger charge is 1.97. The first-order valence-electron chi connectivity index (χ1n) is 7.83. The van der Waals surface area contributed by atoms with Gasteiger partial charge >= 0.3 is 0 Å². The normalized spacial score (nSPS) is 10.3. The fourth-order valence-corrected chi connectivity index (χ4v) is 2.02. The Hall–Kier alpha value is -2.16. The van der Waals surface area contributed by atoms with Gasteiger partial charge in [-0.3, -0.25) is 0 Å². The lowest BCUT2D eigenvalue weighted by molar-refractivity contribution is 0.266. The van der Waals surface area contributed by atoms with Crippen molar-refractivity contribution in [1.82, 2.24) is 0 Å². The van der Waals surface area contributed by atoms with Crippen LogP contribution in [0.5, 0.6) is 17.2 Å². The number of hydrogen-bond donors (Lipinski definition) is 0. The van der Waals surface area contributed by atoms with Gasteiger partial charge in [0.2, 0.25) is 0 Å². The van der Waals surface area contributed by atoms with E-state index in [2.05, 4.69) is 19.1 Å². The summed E-state index contributed by atoms with van der Waals surface area (Å²) in [6, 6.07) is 15.9. The van der Waals surface area contributed by atoms with Crippen LogP contribution in [0.1, 0.15) is 25.3 Å². The molecule has 0 aliphatic rings. The topological polar surface area (TPSA) is 27.7 Å². The second-order valence-corrected chi connectivity index (χ2v) is 5.12. The van der Waals surface area contributed by atoms with Crippen LogP contribution in [0.25, 0.3) is 0 Å². The first-order chi connectivity index (χ1) is 10.8. The second kappa shape index (κ2) is 8.98. The SMILES string of the molecule is CCOc1ccc(OCCCCOc2ccc(C)cc2)cc1. The van der Waals surface area contributed by atoms with E-state index >= 15 is 0 Å². The highest BCUT2D eigenvalue weighted by molar-refractivity contribution is 5.31. The maximum Gasteiger partial charge on any atom is 0.119 e. The summed E-state index contributed by atoms with van der Waals surface area (Å²) in [5.41, 5.74) is 1.25. The summed E-state index contributed by atoms with van der Waals surface area (Å²) in [4.78, 5) is 0. The Labute approximate surface area is 132 Å². The number of benzene rings is 2. The molecule has 0 heterocycles. The van der Waals surface area contributed by atoms with Gasteiger partial charge in [-0.05, 0) is 63.1 Å². The summed E-state index contributed by atoms with van der Waals surface area (Å²) >= 11 is 0. The molecule has 0 aromatic heterocycles. The van der Waals surface area contributed by atoms with Gasteiger partial charge in [0.25, 0.3) is 0 Å². The van der Waals surface area contributed by atoms with Crippen molar-refractivity contribution < 1.29 is 14.2 Å². The van der Waals surface area contributed by atoms with E-state index in [9.17, 15) is 0 Å². The predicted octanol–water partition coefficient (Wildman–Crippen LogP) is 4.63.